The molecule has 0 heterocycles. The Bertz CT molecular complexity index is 546. The number of benzene rings is 1. The van der Waals surface area contributed by atoms with Gasteiger partial charge in [-0.05, 0) is 49.5 Å². The molecule has 1 aliphatic carbocycles. The Balaban J connectivity index is 1.81. The van der Waals surface area contributed by atoms with Crippen LogP contribution in [0.15, 0.2) is 30.3 Å². The molecule has 0 aliphatic heterocycles. The number of rotatable bonds is 4. The topological polar surface area (TPSA) is 98.2 Å². The van der Waals surface area contributed by atoms with E-state index in [1.165, 1.54) is 6.08 Å². The number of carbonyl (C=O) groups is 2. The summed E-state index contributed by atoms with van der Waals surface area (Å²) in [6, 6.07) is 7.46. The third-order valence-electron chi connectivity index (χ3n) is 3.81. The monoisotopic (exact) mass is 287 g/mol. The number of hydrogen-bond acceptors (Lipinski definition) is 3. The highest BCUT2D eigenvalue weighted by molar-refractivity contribution is 5.92. The van der Waals surface area contributed by atoms with Crippen molar-refractivity contribution in [2.75, 3.05) is 5.73 Å². The van der Waals surface area contributed by atoms with Gasteiger partial charge in [-0.2, -0.15) is 0 Å². The van der Waals surface area contributed by atoms with E-state index in [0.717, 1.165) is 31.2 Å². The van der Waals surface area contributed by atoms with Gasteiger partial charge in [-0.25, -0.2) is 0 Å². The highest BCUT2D eigenvalue weighted by Gasteiger charge is 2.24. The van der Waals surface area contributed by atoms with E-state index in [4.69, 9.17) is 11.5 Å². The molecule has 0 aromatic heterocycles. The van der Waals surface area contributed by atoms with Crippen molar-refractivity contribution in [2.45, 2.75) is 31.7 Å². The summed E-state index contributed by atoms with van der Waals surface area (Å²) in [5.74, 6) is -0.401. The molecule has 0 unspecified atom stereocenters. The normalized spacial score (nSPS) is 22.1. The van der Waals surface area contributed by atoms with E-state index in [-0.39, 0.29) is 23.8 Å². The van der Waals surface area contributed by atoms with Crippen molar-refractivity contribution in [2.24, 2.45) is 11.7 Å². The summed E-state index contributed by atoms with van der Waals surface area (Å²) in [6.07, 6.45) is 6.34. The lowest BCUT2D eigenvalue weighted by molar-refractivity contribution is -0.122. The number of anilines is 1. The average molecular weight is 287 g/mol. The van der Waals surface area contributed by atoms with Crippen LogP contribution in [0, 0.1) is 5.92 Å². The van der Waals surface area contributed by atoms with E-state index in [0.29, 0.717) is 5.69 Å². The Morgan fingerprint density at radius 3 is 2.52 bits per heavy atom. The second-order valence-electron chi connectivity index (χ2n) is 5.46. The first-order chi connectivity index (χ1) is 10.0. The fourth-order valence-electron chi connectivity index (χ4n) is 2.61. The van der Waals surface area contributed by atoms with E-state index in [9.17, 15) is 9.59 Å². The Morgan fingerprint density at radius 2 is 1.90 bits per heavy atom. The van der Waals surface area contributed by atoms with E-state index >= 15 is 0 Å². The third-order valence-corrected chi connectivity index (χ3v) is 3.81. The summed E-state index contributed by atoms with van der Waals surface area (Å²) >= 11 is 0. The highest BCUT2D eigenvalue weighted by Crippen LogP contribution is 2.23. The largest absolute Gasteiger partial charge is 0.399 e. The predicted octanol–water partition coefficient (Wildman–Crippen LogP) is 1.44. The summed E-state index contributed by atoms with van der Waals surface area (Å²) in [4.78, 5) is 22.9. The summed E-state index contributed by atoms with van der Waals surface area (Å²) in [6.45, 7) is 0. The fraction of sp³-hybridized carbons (Fsp3) is 0.375. The highest BCUT2D eigenvalue weighted by atomic mass is 16.2. The van der Waals surface area contributed by atoms with Gasteiger partial charge in [-0.15, -0.1) is 0 Å². The minimum atomic E-state index is -0.235. The molecule has 5 heteroatoms. The van der Waals surface area contributed by atoms with E-state index in [1.807, 2.05) is 18.2 Å². The van der Waals surface area contributed by atoms with Gasteiger partial charge >= 0.3 is 0 Å². The smallest absolute Gasteiger partial charge is 0.244 e. The van der Waals surface area contributed by atoms with E-state index in [2.05, 4.69) is 5.32 Å². The van der Waals surface area contributed by atoms with Gasteiger partial charge in [0.2, 0.25) is 11.8 Å². The van der Waals surface area contributed by atoms with Crippen LogP contribution in [0.4, 0.5) is 5.69 Å². The van der Waals surface area contributed by atoms with Crippen LogP contribution in [0.3, 0.4) is 0 Å². The summed E-state index contributed by atoms with van der Waals surface area (Å²) in [5, 5.41) is 2.95. The quantitative estimate of drug-likeness (QED) is 0.577. The summed E-state index contributed by atoms with van der Waals surface area (Å²) in [7, 11) is 0. The zero-order chi connectivity index (χ0) is 15.2. The zero-order valence-electron chi connectivity index (χ0n) is 11.9. The molecule has 112 valence electrons. The van der Waals surface area contributed by atoms with Crippen LogP contribution in [-0.4, -0.2) is 17.9 Å². The lowest BCUT2D eigenvalue weighted by atomic mass is 9.85. The molecule has 1 aromatic rings. The molecule has 5 nitrogen and oxygen atoms in total. The molecule has 5 N–H and O–H groups in total. The molecule has 1 saturated carbocycles. The van der Waals surface area contributed by atoms with Crippen molar-refractivity contribution in [1.29, 1.82) is 0 Å². The van der Waals surface area contributed by atoms with Crippen LogP contribution in [-0.2, 0) is 9.59 Å². The molecule has 1 aliphatic rings. The lowest BCUT2D eigenvalue weighted by Crippen LogP contribution is -2.39. The number of nitrogens with two attached hydrogens (primary N) is 2. The second kappa shape index (κ2) is 6.92. The first-order valence-corrected chi connectivity index (χ1v) is 7.18. The number of amides is 2. The maximum atomic E-state index is 11.9. The maximum absolute atomic E-state index is 11.9. The Kier molecular flexibility index (Phi) is 4.98. The predicted molar refractivity (Wildman–Crippen MR) is 83.0 cm³/mol. The van der Waals surface area contributed by atoms with Crippen molar-refractivity contribution in [3.63, 3.8) is 0 Å². The van der Waals surface area contributed by atoms with Crippen LogP contribution in [0.5, 0.6) is 0 Å². The number of nitrogen functional groups attached to an aromatic ring is 1. The summed E-state index contributed by atoms with van der Waals surface area (Å²) < 4.78 is 0. The molecule has 21 heavy (non-hydrogen) atoms. The van der Waals surface area contributed by atoms with Gasteiger partial charge in [0.1, 0.15) is 0 Å². The van der Waals surface area contributed by atoms with Crippen molar-refractivity contribution in [3.05, 3.63) is 35.9 Å². The third kappa shape index (κ3) is 4.63. The molecule has 1 aromatic carbocycles. The Morgan fingerprint density at radius 1 is 1.19 bits per heavy atom. The van der Waals surface area contributed by atoms with Gasteiger partial charge in [0.25, 0.3) is 0 Å². The number of hydrogen-bond donors (Lipinski definition) is 3. The fourth-order valence-corrected chi connectivity index (χ4v) is 2.61. The van der Waals surface area contributed by atoms with Crippen LogP contribution in [0.1, 0.15) is 31.2 Å². The Labute approximate surface area is 124 Å². The SMILES string of the molecule is NC(=O)C1CCC(NC(=O)/C=C/c2cccc(N)c2)CC1. The van der Waals surface area contributed by atoms with Crippen molar-refractivity contribution in [1.82, 2.24) is 5.32 Å². The van der Waals surface area contributed by atoms with Crippen molar-refractivity contribution < 1.29 is 9.59 Å². The molecule has 2 amide bonds. The van der Waals surface area contributed by atoms with Gasteiger partial charge in [-0.1, -0.05) is 12.1 Å². The van der Waals surface area contributed by atoms with Crippen molar-refractivity contribution in [3.8, 4) is 0 Å². The van der Waals surface area contributed by atoms with Crippen LogP contribution < -0.4 is 16.8 Å². The van der Waals surface area contributed by atoms with Crippen LogP contribution in [0.25, 0.3) is 6.08 Å². The van der Waals surface area contributed by atoms with Crippen LogP contribution >= 0.6 is 0 Å². The molecule has 2 rings (SSSR count). The standard InChI is InChI=1S/C16H21N3O2/c17-13-3-1-2-11(10-13)4-9-15(20)19-14-7-5-12(6-8-14)16(18)21/h1-4,9-10,12,14H,5-8,17H2,(H2,18,21)(H,19,20)/b9-4+. The second-order valence-corrected chi connectivity index (χ2v) is 5.46. The van der Waals surface area contributed by atoms with Gasteiger partial charge in [0, 0.05) is 23.7 Å². The molecule has 0 atom stereocenters. The van der Waals surface area contributed by atoms with Crippen molar-refractivity contribution >= 4 is 23.6 Å². The first-order valence-electron chi connectivity index (χ1n) is 7.18. The number of nitrogens with one attached hydrogen (secondary N) is 1. The molecule has 0 bridgehead atoms. The molecular formula is C16H21N3O2. The van der Waals surface area contributed by atoms with Crippen LogP contribution in [0.2, 0.25) is 0 Å². The molecule has 0 saturated heterocycles. The van der Waals surface area contributed by atoms with Gasteiger partial charge in [0.15, 0.2) is 0 Å². The first kappa shape index (κ1) is 15.1. The number of carbonyl (C=O) groups excluding carboxylic acids is 2. The average Bonchev–Trinajstić information content (AvgIpc) is 2.46. The van der Waals surface area contributed by atoms with Gasteiger partial charge < -0.3 is 16.8 Å². The van der Waals surface area contributed by atoms with E-state index in [1.54, 1.807) is 12.1 Å². The molecular weight excluding hydrogens is 266 g/mol. The molecule has 1 fully saturated rings. The molecule has 0 spiro atoms. The Hall–Kier alpha value is -2.30. The minimum Gasteiger partial charge on any atom is -0.399 e. The molecule has 0 radical (unpaired) electrons. The zero-order valence-corrected chi connectivity index (χ0v) is 11.9. The summed E-state index contributed by atoms with van der Waals surface area (Å²) in [5.41, 5.74) is 12.5. The number of primary amides is 1. The van der Waals surface area contributed by atoms with Gasteiger partial charge in [-0.3, -0.25) is 9.59 Å². The van der Waals surface area contributed by atoms with Gasteiger partial charge in [0.05, 0.1) is 0 Å². The lowest BCUT2D eigenvalue weighted by Gasteiger charge is -2.26. The van der Waals surface area contributed by atoms with E-state index < -0.39 is 0 Å². The minimum absolute atomic E-state index is 0.0408. The maximum Gasteiger partial charge on any atom is 0.244 e.